The maximum absolute atomic E-state index is 12.2. The van der Waals surface area contributed by atoms with Gasteiger partial charge in [-0.1, -0.05) is 23.7 Å². The number of carbonyl (C=O) groups excluding carboxylic acids is 1. The van der Waals surface area contributed by atoms with Gasteiger partial charge in [0.05, 0.1) is 5.69 Å². The lowest BCUT2D eigenvalue weighted by Crippen LogP contribution is -2.48. The Morgan fingerprint density at radius 3 is 2.59 bits per heavy atom. The molecular weight excluding hydrogens is 320 g/mol. The monoisotopic (exact) mass is 336 g/mol. The molecule has 1 N–H and O–H groups in total. The highest BCUT2D eigenvalue weighted by Crippen LogP contribution is 2.26. The van der Waals surface area contributed by atoms with Gasteiger partial charge in [0.15, 0.2) is 5.13 Å². The highest BCUT2D eigenvalue weighted by molar-refractivity contribution is 7.14. The van der Waals surface area contributed by atoms with Crippen LogP contribution in [-0.2, 0) is 0 Å². The number of amides is 2. The van der Waals surface area contributed by atoms with Gasteiger partial charge in [-0.05, 0) is 19.2 Å². The third-order valence-corrected chi connectivity index (χ3v) is 4.66. The van der Waals surface area contributed by atoms with Crippen molar-refractivity contribution in [1.29, 1.82) is 0 Å². The van der Waals surface area contributed by atoms with E-state index in [9.17, 15) is 4.79 Å². The van der Waals surface area contributed by atoms with Gasteiger partial charge >= 0.3 is 6.03 Å². The standard InChI is InChI=1S/C15H17ClN4OS/c1-19-6-8-20(9-7-19)15(21)18-14-17-13(10-22-14)11-2-4-12(16)5-3-11/h2-5,10H,6-9H2,1H3,(H,17,18,21). The van der Waals surface area contributed by atoms with Crippen molar-refractivity contribution in [2.45, 2.75) is 0 Å². The molecule has 0 bridgehead atoms. The Bertz CT molecular complexity index is 650. The van der Waals surface area contributed by atoms with Crippen LogP contribution in [0.15, 0.2) is 29.6 Å². The quantitative estimate of drug-likeness (QED) is 0.915. The minimum absolute atomic E-state index is 0.0786. The molecular formula is C15H17ClN4OS. The summed E-state index contributed by atoms with van der Waals surface area (Å²) < 4.78 is 0. The van der Waals surface area contributed by atoms with E-state index in [1.54, 1.807) is 0 Å². The predicted octanol–water partition coefficient (Wildman–Crippen LogP) is 3.24. The first-order chi connectivity index (χ1) is 10.6. The number of aromatic nitrogens is 1. The van der Waals surface area contributed by atoms with Gasteiger partial charge in [-0.15, -0.1) is 11.3 Å². The van der Waals surface area contributed by atoms with Crippen LogP contribution in [0, 0.1) is 0 Å². The van der Waals surface area contributed by atoms with Crippen molar-refractivity contribution in [3.63, 3.8) is 0 Å². The summed E-state index contributed by atoms with van der Waals surface area (Å²) in [5.41, 5.74) is 1.83. The molecule has 7 heteroatoms. The smallest absolute Gasteiger partial charge is 0.322 e. The number of anilines is 1. The number of carbonyl (C=O) groups is 1. The number of hydrogen-bond acceptors (Lipinski definition) is 4. The second-order valence-electron chi connectivity index (χ2n) is 5.27. The fourth-order valence-electron chi connectivity index (χ4n) is 2.26. The molecule has 1 aliphatic rings. The Labute approximate surface area is 138 Å². The van der Waals surface area contributed by atoms with Crippen molar-refractivity contribution in [3.05, 3.63) is 34.7 Å². The highest BCUT2D eigenvalue weighted by Gasteiger charge is 2.19. The average molecular weight is 337 g/mol. The summed E-state index contributed by atoms with van der Waals surface area (Å²) in [4.78, 5) is 20.7. The molecule has 2 heterocycles. The number of benzene rings is 1. The molecule has 2 amide bonds. The number of thiazole rings is 1. The third kappa shape index (κ3) is 3.58. The summed E-state index contributed by atoms with van der Waals surface area (Å²) in [6, 6.07) is 7.43. The van der Waals surface area contributed by atoms with Crippen LogP contribution in [0.4, 0.5) is 9.93 Å². The number of halogens is 1. The molecule has 0 radical (unpaired) electrons. The van der Waals surface area contributed by atoms with Crippen molar-refractivity contribution < 1.29 is 4.79 Å². The van der Waals surface area contributed by atoms with E-state index in [-0.39, 0.29) is 6.03 Å². The lowest BCUT2D eigenvalue weighted by molar-refractivity contribution is 0.164. The number of rotatable bonds is 2. The SMILES string of the molecule is CN1CCN(C(=O)Nc2nc(-c3ccc(Cl)cc3)cs2)CC1. The molecule has 3 rings (SSSR count). The van der Waals surface area contributed by atoms with E-state index < -0.39 is 0 Å². The Morgan fingerprint density at radius 1 is 1.23 bits per heavy atom. The number of nitrogens with zero attached hydrogens (tertiary/aromatic N) is 3. The van der Waals surface area contributed by atoms with E-state index in [0.29, 0.717) is 10.2 Å². The minimum Gasteiger partial charge on any atom is -0.322 e. The van der Waals surface area contributed by atoms with Gasteiger partial charge in [-0.3, -0.25) is 5.32 Å². The predicted molar refractivity (Wildman–Crippen MR) is 90.6 cm³/mol. The van der Waals surface area contributed by atoms with Crippen LogP contribution < -0.4 is 5.32 Å². The van der Waals surface area contributed by atoms with E-state index in [1.807, 2.05) is 34.5 Å². The zero-order valence-electron chi connectivity index (χ0n) is 12.3. The molecule has 1 aliphatic heterocycles. The van der Waals surface area contributed by atoms with Crippen LogP contribution >= 0.6 is 22.9 Å². The van der Waals surface area contributed by atoms with Crippen molar-refractivity contribution in [2.75, 3.05) is 38.5 Å². The zero-order valence-corrected chi connectivity index (χ0v) is 13.8. The molecule has 1 fully saturated rings. The van der Waals surface area contributed by atoms with E-state index >= 15 is 0 Å². The first-order valence-electron chi connectivity index (χ1n) is 7.08. The molecule has 0 aliphatic carbocycles. The number of urea groups is 1. The van der Waals surface area contributed by atoms with Crippen LogP contribution in [-0.4, -0.2) is 54.0 Å². The summed E-state index contributed by atoms with van der Waals surface area (Å²) in [6.45, 7) is 3.30. The van der Waals surface area contributed by atoms with Gasteiger partial charge in [-0.25, -0.2) is 9.78 Å². The van der Waals surface area contributed by atoms with Crippen LogP contribution in [0.2, 0.25) is 5.02 Å². The number of hydrogen-bond donors (Lipinski definition) is 1. The van der Waals surface area contributed by atoms with Gasteiger partial charge < -0.3 is 9.80 Å². The minimum atomic E-state index is -0.0786. The second kappa shape index (κ2) is 6.64. The molecule has 0 unspecified atom stereocenters. The molecule has 0 spiro atoms. The third-order valence-electron chi connectivity index (χ3n) is 3.65. The lowest BCUT2D eigenvalue weighted by atomic mass is 10.2. The first kappa shape index (κ1) is 15.3. The fraction of sp³-hybridized carbons (Fsp3) is 0.333. The number of likely N-dealkylation sites (N-methyl/N-ethyl adjacent to an activating group) is 1. The maximum atomic E-state index is 12.2. The molecule has 1 aromatic heterocycles. The van der Waals surface area contributed by atoms with E-state index in [4.69, 9.17) is 11.6 Å². The van der Waals surface area contributed by atoms with Gasteiger partial charge in [0.2, 0.25) is 0 Å². The van der Waals surface area contributed by atoms with Crippen molar-refractivity contribution in [3.8, 4) is 11.3 Å². The van der Waals surface area contributed by atoms with Crippen molar-refractivity contribution in [2.24, 2.45) is 0 Å². The highest BCUT2D eigenvalue weighted by atomic mass is 35.5. The molecule has 1 aromatic carbocycles. The van der Waals surface area contributed by atoms with E-state index in [1.165, 1.54) is 11.3 Å². The van der Waals surface area contributed by atoms with Crippen LogP contribution in [0.25, 0.3) is 11.3 Å². The Hall–Kier alpha value is -1.63. The Morgan fingerprint density at radius 2 is 1.91 bits per heavy atom. The summed E-state index contributed by atoms with van der Waals surface area (Å²) >= 11 is 7.31. The van der Waals surface area contributed by atoms with E-state index in [2.05, 4.69) is 22.2 Å². The molecule has 2 aromatic rings. The fourth-order valence-corrected chi connectivity index (χ4v) is 3.10. The first-order valence-corrected chi connectivity index (χ1v) is 8.33. The van der Waals surface area contributed by atoms with Crippen LogP contribution in [0.1, 0.15) is 0 Å². The normalized spacial score (nSPS) is 15.8. The summed E-state index contributed by atoms with van der Waals surface area (Å²) in [5, 5.41) is 6.13. The zero-order chi connectivity index (χ0) is 15.5. The number of nitrogens with one attached hydrogen (secondary N) is 1. The van der Waals surface area contributed by atoms with Crippen LogP contribution in [0.3, 0.4) is 0 Å². The van der Waals surface area contributed by atoms with Gasteiger partial charge in [-0.2, -0.15) is 0 Å². The van der Waals surface area contributed by atoms with Gasteiger partial charge in [0.25, 0.3) is 0 Å². The summed E-state index contributed by atoms with van der Waals surface area (Å²) in [7, 11) is 2.06. The summed E-state index contributed by atoms with van der Waals surface area (Å²) in [5.74, 6) is 0. The molecule has 116 valence electrons. The van der Waals surface area contributed by atoms with Crippen molar-refractivity contribution >= 4 is 34.1 Å². The Balaban J connectivity index is 1.64. The topological polar surface area (TPSA) is 48.5 Å². The molecule has 5 nitrogen and oxygen atoms in total. The van der Waals surface area contributed by atoms with Crippen LogP contribution in [0.5, 0.6) is 0 Å². The largest absolute Gasteiger partial charge is 0.323 e. The van der Waals surface area contributed by atoms with E-state index in [0.717, 1.165) is 37.4 Å². The lowest BCUT2D eigenvalue weighted by Gasteiger charge is -2.32. The van der Waals surface area contributed by atoms with Gasteiger partial charge in [0.1, 0.15) is 0 Å². The second-order valence-corrected chi connectivity index (χ2v) is 6.56. The summed E-state index contributed by atoms with van der Waals surface area (Å²) in [6.07, 6.45) is 0. The Kier molecular flexibility index (Phi) is 4.61. The maximum Gasteiger partial charge on any atom is 0.323 e. The average Bonchev–Trinajstić information content (AvgIpc) is 2.97. The molecule has 1 saturated heterocycles. The van der Waals surface area contributed by atoms with Gasteiger partial charge in [0, 0.05) is 42.1 Å². The van der Waals surface area contributed by atoms with Crippen molar-refractivity contribution in [1.82, 2.24) is 14.8 Å². The number of piperazine rings is 1. The molecule has 0 saturated carbocycles. The molecule has 0 atom stereocenters. The molecule has 22 heavy (non-hydrogen) atoms.